The van der Waals surface area contributed by atoms with Crippen LogP contribution in [-0.2, 0) is 9.53 Å². The summed E-state index contributed by atoms with van der Waals surface area (Å²) in [6, 6.07) is 0. The number of hydrogen-bond acceptors (Lipinski definition) is 2. The van der Waals surface area contributed by atoms with Crippen molar-refractivity contribution >= 4 is 5.97 Å². The fourth-order valence-corrected chi connectivity index (χ4v) is 3.34. The summed E-state index contributed by atoms with van der Waals surface area (Å²) in [5, 5.41) is 8.91. The van der Waals surface area contributed by atoms with E-state index in [-0.39, 0.29) is 17.4 Å². The smallest absolute Gasteiger partial charge is 0.304 e. The molecule has 0 aromatic heterocycles. The second-order valence-electron chi connectivity index (χ2n) is 5.25. The van der Waals surface area contributed by atoms with E-state index in [4.69, 9.17) is 9.84 Å². The molecule has 1 N–H and O–H groups in total. The van der Waals surface area contributed by atoms with E-state index in [1.54, 1.807) is 0 Å². The van der Waals surface area contributed by atoms with Crippen molar-refractivity contribution < 1.29 is 14.6 Å². The van der Waals surface area contributed by atoms with Gasteiger partial charge in [-0.15, -0.1) is 0 Å². The number of ether oxygens (including phenoxy) is 1. The Bertz CT molecular complexity index is 339. The number of hydrogen-bond donors (Lipinski definition) is 1. The number of allylic oxidation sites excluding steroid dienone is 1. The van der Waals surface area contributed by atoms with E-state index in [0.29, 0.717) is 6.61 Å². The van der Waals surface area contributed by atoms with Crippen LogP contribution in [0, 0.1) is 5.41 Å². The van der Waals surface area contributed by atoms with Crippen LogP contribution in [0.1, 0.15) is 38.5 Å². The summed E-state index contributed by atoms with van der Waals surface area (Å²) in [6.07, 6.45) is 8.02. The number of carboxylic acid groups (broad SMARTS) is 1. The molecule has 3 aliphatic rings. The normalized spacial score (nSPS) is 36.1. The third kappa shape index (κ3) is 1.41. The second-order valence-corrected chi connectivity index (χ2v) is 5.25. The molecule has 0 radical (unpaired) electrons. The highest BCUT2D eigenvalue weighted by atomic mass is 16.5. The van der Waals surface area contributed by atoms with Gasteiger partial charge in [0.05, 0.1) is 18.6 Å². The predicted molar refractivity (Wildman–Crippen MR) is 54.5 cm³/mol. The fraction of sp³-hybridized carbons (Fsp3) is 0.750. The standard InChI is InChI=1S/C12H16O3/c13-10(14)6-11-5-9(11)7-15-12(8-11)3-1-2-4-12/h5H,1-4,6-8H2,(H,13,14). The molecule has 1 atom stereocenters. The summed E-state index contributed by atoms with van der Waals surface area (Å²) in [5.74, 6) is -0.684. The first-order valence-corrected chi connectivity index (χ1v) is 5.72. The van der Waals surface area contributed by atoms with E-state index in [1.807, 2.05) is 0 Å². The Balaban J connectivity index is 1.76. The molecule has 2 aliphatic carbocycles. The molecule has 0 aromatic carbocycles. The van der Waals surface area contributed by atoms with Crippen LogP contribution in [0.4, 0.5) is 0 Å². The number of carbonyl (C=O) groups is 1. The molecule has 1 heterocycles. The molecule has 1 aliphatic heterocycles. The van der Waals surface area contributed by atoms with Gasteiger partial charge in [0.1, 0.15) is 0 Å². The SMILES string of the molecule is O=C(O)CC12C=C1COC1(CCCC1)C2. The van der Waals surface area contributed by atoms with Crippen molar-refractivity contribution in [3.05, 3.63) is 11.6 Å². The Morgan fingerprint density at radius 1 is 1.47 bits per heavy atom. The van der Waals surface area contributed by atoms with Gasteiger partial charge in [0.15, 0.2) is 0 Å². The molecule has 1 saturated heterocycles. The minimum atomic E-state index is -0.684. The van der Waals surface area contributed by atoms with Crippen molar-refractivity contribution in [2.75, 3.05) is 6.61 Å². The maximum absolute atomic E-state index is 10.8. The lowest BCUT2D eigenvalue weighted by molar-refractivity contribution is -0.140. The topological polar surface area (TPSA) is 46.5 Å². The van der Waals surface area contributed by atoms with Crippen molar-refractivity contribution in [1.29, 1.82) is 0 Å². The van der Waals surface area contributed by atoms with Crippen LogP contribution in [0.25, 0.3) is 0 Å². The fourth-order valence-electron chi connectivity index (χ4n) is 3.34. The van der Waals surface area contributed by atoms with Gasteiger partial charge in [0.25, 0.3) is 0 Å². The minimum absolute atomic E-state index is 0.0198. The van der Waals surface area contributed by atoms with E-state index in [2.05, 4.69) is 6.08 Å². The lowest BCUT2D eigenvalue weighted by Crippen LogP contribution is -2.39. The molecule has 3 rings (SSSR count). The number of rotatable bonds is 2. The molecule has 1 unspecified atom stereocenters. The van der Waals surface area contributed by atoms with Crippen LogP contribution in [0.3, 0.4) is 0 Å². The summed E-state index contributed by atoms with van der Waals surface area (Å²) < 4.78 is 5.93. The Morgan fingerprint density at radius 3 is 2.87 bits per heavy atom. The lowest BCUT2D eigenvalue weighted by Gasteiger charge is -2.38. The largest absolute Gasteiger partial charge is 0.481 e. The summed E-state index contributed by atoms with van der Waals surface area (Å²) in [7, 11) is 0. The molecule has 15 heavy (non-hydrogen) atoms. The van der Waals surface area contributed by atoms with Crippen LogP contribution in [-0.4, -0.2) is 23.3 Å². The molecule has 0 bridgehead atoms. The van der Waals surface area contributed by atoms with Crippen LogP contribution in [0.2, 0.25) is 0 Å². The third-order valence-electron chi connectivity index (χ3n) is 4.16. The zero-order valence-electron chi connectivity index (χ0n) is 8.79. The average molecular weight is 208 g/mol. The highest BCUT2D eigenvalue weighted by Crippen LogP contribution is 2.59. The number of fused-ring (bicyclic) bond motifs is 1. The van der Waals surface area contributed by atoms with E-state index in [9.17, 15) is 4.79 Å². The van der Waals surface area contributed by atoms with Gasteiger partial charge in [-0.2, -0.15) is 0 Å². The van der Waals surface area contributed by atoms with Gasteiger partial charge in [-0.05, 0) is 24.8 Å². The van der Waals surface area contributed by atoms with E-state index < -0.39 is 5.97 Å². The molecule has 2 fully saturated rings. The van der Waals surface area contributed by atoms with Gasteiger partial charge in [-0.25, -0.2) is 0 Å². The maximum Gasteiger partial charge on any atom is 0.304 e. The molecular formula is C12H16O3. The van der Waals surface area contributed by atoms with Crippen molar-refractivity contribution in [2.24, 2.45) is 5.41 Å². The maximum atomic E-state index is 10.8. The third-order valence-corrected chi connectivity index (χ3v) is 4.16. The second kappa shape index (κ2) is 2.85. The minimum Gasteiger partial charge on any atom is -0.481 e. The highest BCUT2D eigenvalue weighted by Gasteiger charge is 2.55. The van der Waals surface area contributed by atoms with Crippen LogP contribution in [0.15, 0.2) is 11.6 Å². The first kappa shape index (κ1) is 9.40. The highest BCUT2D eigenvalue weighted by molar-refractivity contribution is 5.71. The molecule has 0 amide bonds. The first-order valence-electron chi connectivity index (χ1n) is 5.72. The quantitative estimate of drug-likeness (QED) is 0.707. The van der Waals surface area contributed by atoms with Crippen molar-refractivity contribution in [1.82, 2.24) is 0 Å². The van der Waals surface area contributed by atoms with Gasteiger partial charge in [0, 0.05) is 5.41 Å². The van der Waals surface area contributed by atoms with Gasteiger partial charge in [-0.1, -0.05) is 18.9 Å². The molecule has 1 spiro atoms. The first-order chi connectivity index (χ1) is 7.14. The van der Waals surface area contributed by atoms with E-state index in [0.717, 1.165) is 19.3 Å². The van der Waals surface area contributed by atoms with Gasteiger partial charge in [0.2, 0.25) is 0 Å². The van der Waals surface area contributed by atoms with Gasteiger partial charge in [-0.3, -0.25) is 4.79 Å². The summed E-state index contributed by atoms with van der Waals surface area (Å²) in [5.41, 5.74) is 1.16. The molecular weight excluding hydrogens is 192 g/mol. The predicted octanol–water partition coefficient (Wildman–Crippen LogP) is 2.12. The zero-order chi connectivity index (χ0) is 10.5. The Morgan fingerprint density at radius 2 is 2.20 bits per heavy atom. The monoisotopic (exact) mass is 208 g/mol. The molecule has 0 aromatic rings. The van der Waals surface area contributed by atoms with Crippen molar-refractivity contribution in [3.63, 3.8) is 0 Å². The zero-order valence-corrected chi connectivity index (χ0v) is 8.79. The molecule has 3 nitrogen and oxygen atoms in total. The summed E-state index contributed by atoms with van der Waals surface area (Å²) in [6.45, 7) is 0.674. The van der Waals surface area contributed by atoms with Gasteiger partial charge < -0.3 is 9.84 Å². The summed E-state index contributed by atoms with van der Waals surface area (Å²) in [4.78, 5) is 10.8. The van der Waals surface area contributed by atoms with Crippen LogP contribution >= 0.6 is 0 Å². The van der Waals surface area contributed by atoms with Crippen LogP contribution in [0.5, 0.6) is 0 Å². The Hall–Kier alpha value is -0.830. The average Bonchev–Trinajstić information content (AvgIpc) is 2.64. The summed E-state index contributed by atoms with van der Waals surface area (Å²) >= 11 is 0. The number of carboxylic acids is 1. The van der Waals surface area contributed by atoms with Crippen molar-refractivity contribution in [2.45, 2.75) is 44.1 Å². The molecule has 82 valence electrons. The van der Waals surface area contributed by atoms with E-state index in [1.165, 1.54) is 18.4 Å². The molecule has 3 heteroatoms. The number of aliphatic carboxylic acids is 1. The van der Waals surface area contributed by atoms with Crippen molar-refractivity contribution in [3.8, 4) is 0 Å². The Labute approximate surface area is 89.1 Å². The van der Waals surface area contributed by atoms with E-state index >= 15 is 0 Å². The lowest BCUT2D eigenvalue weighted by atomic mass is 9.79. The van der Waals surface area contributed by atoms with Gasteiger partial charge >= 0.3 is 5.97 Å². The molecule has 1 saturated carbocycles. The van der Waals surface area contributed by atoms with Crippen LogP contribution < -0.4 is 0 Å². The Kier molecular flexibility index (Phi) is 1.78.